The first-order chi connectivity index (χ1) is 12.5. The fourth-order valence-electron chi connectivity index (χ4n) is 4.46. The molecule has 1 atom stereocenters. The second-order valence-electron chi connectivity index (χ2n) is 8.10. The van der Waals surface area contributed by atoms with Crippen LogP contribution in [-0.4, -0.2) is 48.9 Å². The van der Waals surface area contributed by atoms with E-state index in [-0.39, 0.29) is 11.3 Å². The number of nitrogens with zero attached hydrogens (tertiary/aromatic N) is 2. The molecule has 26 heavy (non-hydrogen) atoms. The van der Waals surface area contributed by atoms with E-state index >= 15 is 0 Å². The van der Waals surface area contributed by atoms with Crippen molar-refractivity contribution in [1.82, 2.24) is 9.80 Å². The summed E-state index contributed by atoms with van der Waals surface area (Å²) in [4.78, 5) is 17.7. The molecule has 1 saturated heterocycles. The van der Waals surface area contributed by atoms with Crippen LogP contribution in [0.5, 0.6) is 0 Å². The van der Waals surface area contributed by atoms with Gasteiger partial charge < -0.3 is 9.80 Å². The first-order valence-electron chi connectivity index (χ1n) is 9.62. The summed E-state index contributed by atoms with van der Waals surface area (Å²) in [5, 5.41) is 0. The predicted octanol–water partition coefficient (Wildman–Crippen LogP) is 3.38. The molecular weight excluding hydrogens is 320 g/mol. The van der Waals surface area contributed by atoms with E-state index < -0.39 is 0 Å². The minimum absolute atomic E-state index is 0.0644. The third-order valence-corrected chi connectivity index (χ3v) is 6.14. The van der Waals surface area contributed by atoms with Gasteiger partial charge in [-0.25, -0.2) is 0 Å². The molecule has 3 heteroatoms. The first-order valence-corrected chi connectivity index (χ1v) is 9.62. The summed E-state index contributed by atoms with van der Waals surface area (Å²) >= 11 is 0. The second-order valence-corrected chi connectivity index (χ2v) is 8.10. The van der Waals surface area contributed by atoms with Crippen molar-refractivity contribution in [3.05, 3.63) is 70.8 Å². The maximum absolute atomic E-state index is 13.3. The molecule has 3 nitrogen and oxygen atoms in total. The third kappa shape index (κ3) is 2.95. The van der Waals surface area contributed by atoms with Crippen LogP contribution in [0.1, 0.15) is 28.7 Å². The van der Waals surface area contributed by atoms with Crippen molar-refractivity contribution >= 4 is 5.91 Å². The Labute approximate surface area is 156 Å². The van der Waals surface area contributed by atoms with Crippen LogP contribution in [-0.2, 0) is 10.2 Å². The highest BCUT2D eigenvalue weighted by molar-refractivity contribution is 5.86. The number of benzene rings is 2. The van der Waals surface area contributed by atoms with E-state index in [4.69, 9.17) is 0 Å². The molecule has 0 bridgehead atoms. The Balaban J connectivity index is 1.69. The van der Waals surface area contributed by atoms with Crippen molar-refractivity contribution in [2.24, 2.45) is 5.92 Å². The topological polar surface area (TPSA) is 23.6 Å². The average molecular weight is 348 g/mol. The molecule has 0 aromatic heterocycles. The molecule has 2 aromatic carbocycles. The molecule has 2 fully saturated rings. The molecule has 1 amide bonds. The number of carbonyl (C=O) groups excluding carboxylic acids is 1. The highest BCUT2D eigenvalue weighted by Gasteiger charge is 2.61. The SMILES string of the molecule is Cc1cccc(C2(c3cccc(C)c3)C[C@H]2C(=O)N2CCN(C)CC2)c1. The summed E-state index contributed by atoms with van der Waals surface area (Å²) in [6, 6.07) is 17.4. The molecule has 0 unspecified atom stereocenters. The zero-order valence-electron chi connectivity index (χ0n) is 16.0. The minimum Gasteiger partial charge on any atom is -0.340 e. The summed E-state index contributed by atoms with van der Waals surface area (Å²) in [5.74, 6) is 0.399. The van der Waals surface area contributed by atoms with Crippen LogP contribution in [0.25, 0.3) is 0 Å². The predicted molar refractivity (Wildman–Crippen MR) is 105 cm³/mol. The normalized spacial score (nSPS) is 22.3. The molecule has 1 heterocycles. The summed E-state index contributed by atoms with van der Waals surface area (Å²) < 4.78 is 0. The standard InChI is InChI=1S/C23H28N2O/c1-17-6-4-8-19(14-17)23(20-9-5-7-18(2)15-20)16-21(23)22(26)25-12-10-24(3)11-13-25/h4-9,14-15,21H,10-13,16H2,1-3H3/t21-/m0/s1. The molecule has 2 aromatic rings. The van der Waals surface area contributed by atoms with Gasteiger partial charge in [0, 0.05) is 31.6 Å². The van der Waals surface area contributed by atoms with Gasteiger partial charge in [0.25, 0.3) is 0 Å². The van der Waals surface area contributed by atoms with E-state index in [9.17, 15) is 4.79 Å². The fraction of sp³-hybridized carbons (Fsp3) is 0.435. The zero-order chi connectivity index (χ0) is 18.3. The number of likely N-dealkylation sites (N-methyl/N-ethyl adjacent to an activating group) is 1. The second kappa shape index (κ2) is 6.55. The maximum Gasteiger partial charge on any atom is 0.227 e. The van der Waals surface area contributed by atoms with Crippen molar-refractivity contribution in [2.75, 3.05) is 33.2 Å². The number of amides is 1. The van der Waals surface area contributed by atoms with E-state index in [2.05, 4.69) is 79.2 Å². The van der Waals surface area contributed by atoms with Crippen molar-refractivity contribution in [1.29, 1.82) is 0 Å². The van der Waals surface area contributed by atoms with Gasteiger partial charge in [0.2, 0.25) is 5.91 Å². The fourth-order valence-corrected chi connectivity index (χ4v) is 4.46. The lowest BCUT2D eigenvalue weighted by molar-refractivity contribution is -0.134. The van der Waals surface area contributed by atoms with E-state index in [0.717, 1.165) is 32.6 Å². The van der Waals surface area contributed by atoms with Gasteiger partial charge in [-0.1, -0.05) is 59.7 Å². The van der Waals surface area contributed by atoms with E-state index in [1.165, 1.54) is 22.3 Å². The molecule has 1 aliphatic heterocycles. The summed E-state index contributed by atoms with van der Waals surface area (Å²) in [5.41, 5.74) is 4.93. The number of aryl methyl sites for hydroxylation is 2. The average Bonchev–Trinajstić information content (AvgIpc) is 3.39. The lowest BCUT2D eigenvalue weighted by atomic mass is 9.84. The van der Waals surface area contributed by atoms with Gasteiger partial charge in [-0.15, -0.1) is 0 Å². The molecule has 0 spiro atoms. The Bertz CT molecular complexity index is 775. The molecular formula is C23H28N2O. The number of hydrogen-bond acceptors (Lipinski definition) is 2. The highest BCUT2D eigenvalue weighted by Crippen LogP contribution is 2.59. The molecule has 4 rings (SSSR count). The Morgan fingerprint density at radius 1 is 0.923 bits per heavy atom. The largest absolute Gasteiger partial charge is 0.340 e. The number of hydrogen-bond donors (Lipinski definition) is 0. The molecule has 0 N–H and O–H groups in total. The number of piperazine rings is 1. The molecule has 1 aliphatic carbocycles. The first kappa shape index (κ1) is 17.3. The highest BCUT2D eigenvalue weighted by atomic mass is 16.2. The minimum atomic E-state index is -0.154. The van der Waals surface area contributed by atoms with E-state index in [0.29, 0.717) is 5.91 Å². The zero-order valence-corrected chi connectivity index (χ0v) is 16.0. The van der Waals surface area contributed by atoms with Gasteiger partial charge in [-0.05, 0) is 38.4 Å². The van der Waals surface area contributed by atoms with Crippen molar-refractivity contribution < 1.29 is 4.79 Å². The maximum atomic E-state index is 13.3. The van der Waals surface area contributed by atoms with Crippen LogP contribution < -0.4 is 0 Å². The van der Waals surface area contributed by atoms with Crippen LogP contribution in [0.2, 0.25) is 0 Å². The van der Waals surface area contributed by atoms with E-state index in [1.807, 2.05) is 0 Å². The molecule has 1 saturated carbocycles. The van der Waals surface area contributed by atoms with Crippen molar-refractivity contribution in [3.63, 3.8) is 0 Å². The molecule has 0 radical (unpaired) electrons. The van der Waals surface area contributed by atoms with Crippen LogP contribution >= 0.6 is 0 Å². The monoisotopic (exact) mass is 348 g/mol. The van der Waals surface area contributed by atoms with Crippen LogP contribution in [0.3, 0.4) is 0 Å². The van der Waals surface area contributed by atoms with Gasteiger partial charge in [0.1, 0.15) is 0 Å². The lowest BCUT2D eigenvalue weighted by Crippen LogP contribution is -2.48. The smallest absolute Gasteiger partial charge is 0.227 e. The van der Waals surface area contributed by atoms with Gasteiger partial charge >= 0.3 is 0 Å². The Morgan fingerprint density at radius 3 is 1.96 bits per heavy atom. The Kier molecular flexibility index (Phi) is 4.36. The summed E-state index contributed by atoms with van der Waals surface area (Å²) in [7, 11) is 2.13. The van der Waals surface area contributed by atoms with E-state index in [1.54, 1.807) is 0 Å². The summed E-state index contributed by atoms with van der Waals surface area (Å²) in [6.07, 6.45) is 0.922. The van der Waals surface area contributed by atoms with Gasteiger partial charge in [0.15, 0.2) is 0 Å². The summed E-state index contributed by atoms with van der Waals surface area (Å²) in [6.45, 7) is 7.91. The molecule has 2 aliphatic rings. The number of rotatable bonds is 3. The van der Waals surface area contributed by atoms with Crippen molar-refractivity contribution in [2.45, 2.75) is 25.7 Å². The Hall–Kier alpha value is -2.13. The van der Waals surface area contributed by atoms with Gasteiger partial charge in [-0.3, -0.25) is 4.79 Å². The lowest BCUT2D eigenvalue weighted by Gasteiger charge is -2.33. The van der Waals surface area contributed by atoms with Crippen molar-refractivity contribution in [3.8, 4) is 0 Å². The number of carbonyl (C=O) groups is 1. The van der Waals surface area contributed by atoms with Crippen LogP contribution in [0, 0.1) is 19.8 Å². The molecule has 136 valence electrons. The van der Waals surface area contributed by atoms with Crippen LogP contribution in [0.4, 0.5) is 0 Å². The quantitative estimate of drug-likeness (QED) is 0.849. The van der Waals surface area contributed by atoms with Gasteiger partial charge in [0.05, 0.1) is 5.92 Å². The Morgan fingerprint density at radius 2 is 1.46 bits per heavy atom. The third-order valence-electron chi connectivity index (χ3n) is 6.14. The van der Waals surface area contributed by atoms with Crippen LogP contribution in [0.15, 0.2) is 48.5 Å². The van der Waals surface area contributed by atoms with Gasteiger partial charge in [-0.2, -0.15) is 0 Å².